The molecule has 0 amide bonds. The van der Waals surface area contributed by atoms with Gasteiger partial charge in [-0.3, -0.25) is 4.79 Å². The zero-order valence-electron chi connectivity index (χ0n) is 18.8. The summed E-state index contributed by atoms with van der Waals surface area (Å²) in [5.74, 6) is -0.514. The fraction of sp³-hybridized carbons (Fsp3) is 0.250. The van der Waals surface area contributed by atoms with E-state index in [0.29, 0.717) is 35.4 Å². The molecule has 3 unspecified atom stereocenters. The van der Waals surface area contributed by atoms with Crippen LogP contribution in [-0.4, -0.2) is 36.1 Å². The summed E-state index contributed by atoms with van der Waals surface area (Å²) in [6.07, 6.45) is 1.85. The summed E-state index contributed by atoms with van der Waals surface area (Å²) in [4.78, 5) is 16.3. The molecule has 0 spiro atoms. The molecule has 3 aromatic carbocycles. The Kier molecular flexibility index (Phi) is 6.35. The highest BCUT2D eigenvalue weighted by Crippen LogP contribution is 2.41. The number of hydrogen-bond acceptors (Lipinski definition) is 3. The minimum atomic E-state index is -1.11. The van der Waals surface area contributed by atoms with Crippen molar-refractivity contribution in [2.75, 3.05) is 6.54 Å². The molecule has 3 atom stereocenters. The number of rotatable bonds is 5. The number of benzene rings is 3. The van der Waals surface area contributed by atoms with Crippen LogP contribution in [0.15, 0.2) is 83.7 Å². The highest BCUT2D eigenvalue weighted by atomic mass is 35.5. The Morgan fingerprint density at radius 2 is 1.82 bits per heavy atom. The Morgan fingerprint density at radius 1 is 1.06 bits per heavy atom. The third kappa shape index (κ3) is 4.69. The van der Waals surface area contributed by atoms with Gasteiger partial charge in [0.25, 0.3) is 5.56 Å². The van der Waals surface area contributed by atoms with E-state index in [-0.39, 0.29) is 11.6 Å². The minimum Gasteiger partial charge on any atom is -0.389 e. The van der Waals surface area contributed by atoms with E-state index in [1.54, 1.807) is 6.07 Å². The average Bonchev–Trinajstić information content (AvgIpc) is 2.82. The summed E-state index contributed by atoms with van der Waals surface area (Å²) in [7, 11) is 6.01. The van der Waals surface area contributed by atoms with Crippen molar-refractivity contribution in [1.29, 1.82) is 0 Å². The second-order valence-corrected chi connectivity index (χ2v) is 9.72. The Bertz CT molecular complexity index is 1360. The van der Waals surface area contributed by atoms with Gasteiger partial charge >= 0.3 is 0 Å². The molecule has 170 valence electrons. The molecule has 1 saturated heterocycles. The van der Waals surface area contributed by atoms with Crippen LogP contribution in [-0.2, 0) is 6.42 Å². The number of halogens is 1. The number of aromatic nitrogens is 1. The van der Waals surface area contributed by atoms with Gasteiger partial charge in [0.05, 0.1) is 5.60 Å². The summed E-state index contributed by atoms with van der Waals surface area (Å²) in [6.45, 7) is 0.663. The van der Waals surface area contributed by atoms with E-state index in [1.807, 2.05) is 60.7 Å². The van der Waals surface area contributed by atoms with Gasteiger partial charge in [-0.1, -0.05) is 71.7 Å². The van der Waals surface area contributed by atoms with Crippen LogP contribution in [0.25, 0.3) is 10.9 Å². The molecule has 1 aromatic heterocycles. The van der Waals surface area contributed by atoms with E-state index in [1.165, 1.54) is 5.56 Å². The SMILES string of the molecule is [B]c1ccc2[nH]c(=O)c(C(c3ccc(Cl)cc3)C3(O)CCNC(Cc4ccccc4)C3)cc2c1. The van der Waals surface area contributed by atoms with Gasteiger partial charge in [0.2, 0.25) is 0 Å². The molecule has 1 aliphatic rings. The molecular formula is C28H26BClN2O2. The van der Waals surface area contributed by atoms with Crippen molar-refractivity contribution in [1.82, 2.24) is 10.3 Å². The lowest BCUT2D eigenvalue weighted by Crippen LogP contribution is -2.52. The predicted octanol–water partition coefficient (Wildman–Crippen LogP) is 3.83. The fourth-order valence-corrected chi connectivity index (χ4v) is 5.42. The molecule has 1 fully saturated rings. The van der Waals surface area contributed by atoms with E-state index in [4.69, 9.17) is 19.4 Å². The maximum Gasteiger partial charge on any atom is 0.252 e. The molecule has 0 bridgehead atoms. The van der Waals surface area contributed by atoms with Crippen LogP contribution in [0.1, 0.15) is 35.4 Å². The first-order valence-electron chi connectivity index (χ1n) is 11.6. The maximum atomic E-state index is 13.3. The molecule has 5 rings (SSSR count). The third-order valence-corrected chi connectivity index (χ3v) is 7.12. The van der Waals surface area contributed by atoms with Gasteiger partial charge in [0.15, 0.2) is 0 Å². The van der Waals surface area contributed by atoms with E-state index in [0.717, 1.165) is 22.9 Å². The molecule has 6 heteroatoms. The molecule has 4 nitrogen and oxygen atoms in total. The predicted molar refractivity (Wildman–Crippen MR) is 139 cm³/mol. The molecule has 34 heavy (non-hydrogen) atoms. The van der Waals surface area contributed by atoms with Crippen molar-refractivity contribution < 1.29 is 5.11 Å². The quantitative estimate of drug-likeness (QED) is 0.390. The van der Waals surface area contributed by atoms with Gasteiger partial charge in [-0.05, 0) is 66.6 Å². The lowest BCUT2D eigenvalue weighted by atomic mass is 9.70. The number of pyridine rings is 1. The maximum absolute atomic E-state index is 13.3. The Balaban J connectivity index is 1.59. The molecule has 0 saturated carbocycles. The van der Waals surface area contributed by atoms with Crippen molar-refractivity contribution in [2.24, 2.45) is 0 Å². The van der Waals surface area contributed by atoms with E-state index in [9.17, 15) is 9.90 Å². The lowest BCUT2D eigenvalue weighted by Gasteiger charge is -2.43. The van der Waals surface area contributed by atoms with Crippen LogP contribution in [0, 0.1) is 0 Å². The molecule has 3 N–H and O–H groups in total. The second-order valence-electron chi connectivity index (χ2n) is 9.28. The van der Waals surface area contributed by atoms with Crippen molar-refractivity contribution in [3.63, 3.8) is 0 Å². The van der Waals surface area contributed by atoms with Gasteiger partial charge in [-0.15, -0.1) is 0 Å². The topological polar surface area (TPSA) is 65.1 Å². The Hall–Kier alpha value is -2.86. The number of H-pyrrole nitrogens is 1. The van der Waals surface area contributed by atoms with Crippen LogP contribution in [0.3, 0.4) is 0 Å². The number of aromatic amines is 1. The molecule has 2 heterocycles. The van der Waals surface area contributed by atoms with Crippen LogP contribution in [0.5, 0.6) is 0 Å². The number of aliphatic hydroxyl groups is 1. The molecule has 1 aliphatic heterocycles. The van der Waals surface area contributed by atoms with Gasteiger partial charge in [-0.2, -0.15) is 0 Å². The number of nitrogens with one attached hydrogen (secondary N) is 2. The van der Waals surface area contributed by atoms with Crippen LogP contribution >= 0.6 is 11.6 Å². The summed E-state index contributed by atoms with van der Waals surface area (Å²) in [5, 5.41) is 17.2. The van der Waals surface area contributed by atoms with Crippen molar-refractivity contribution in [3.8, 4) is 0 Å². The first-order chi connectivity index (χ1) is 16.4. The Morgan fingerprint density at radius 3 is 2.59 bits per heavy atom. The smallest absolute Gasteiger partial charge is 0.252 e. The molecule has 0 aliphatic carbocycles. The highest BCUT2D eigenvalue weighted by molar-refractivity contribution is 6.33. The highest BCUT2D eigenvalue weighted by Gasteiger charge is 2.43. The zero-order chi connectivity index (χ0) is 23.7. The molecule has 4 aromatic rings. The van der Waals surface area contributed by atoms with E-state index >= 15 is 0 Å². The minimum absolute atomic E-state index is 0.0890. The standard InChI is InChI=1S/C28H26BClN2O2/c29-21-8-11-25-20(15-21)16-24(27(33)32-25)26(19-6-9-22(30)10-7-19)28(34)12-13-31-23(17-28)14-18-4-2-1-3-5-18/h1-11,15-16,23,26,31,34H,12-14,17H2,(H,32,33). The van der Waals surface area contributed by atoms with Gasteiger partial charge < -0.3 is 15.4 Å². The normalized spacial score (nSPS) is 21.4. The zero-order valence-corrected chi connectivity index (χ0v) is 19.6. The Labute approximate surface area is 205 Å². The van der Waals surface area contributed by atoms with Crippen molar-refractivity contribution in [2.45, 2.75) is 36.8 Å². The van der Waals surface area contributed by atoms with Crippen LogP contribution in [0.2, 0.25) is 5.02 Å². The molecule has 2 radical (unpaired) electrons. The summed E-state index contributed by atoms with van der Waals surface area (Å²) in [6, 6.07) is 25.1. The summed E-state index contributed by atoms with van der Waals surface area (Å²) < 4.78 is 0. The number of piperidine rings is 1. The van der Waals surface area contributed by atoms with Crippen LogP contribution in [0.4, 0.5) is 0 Å². The summed E-state index contributed by atoms with van der Waals surface area (Å²) in [5.41, 5.74) is 2.63. The van der Waals surface area contributed by atoms with E-state index in [2.05, 4.69) is 22.4 Å². The number of hydrogen-bond donors (Lipinski definition) is 3. The number of fused-ring (bicyclic) bond motifs is 1. The second kappa shape index (κ2) is 9.42. The van der Waals surface area contributed by atoms with Crippen LogP contribution < -0.4 is 16.3 Å². The molecular weight excluding hydrogens is 443 g/mol. The van der Waals surface area contributed by atoms with Gasteiger partial charge in [0.1, 0.15) is 7.85 Å². The average molecular weight is 469 g/mol. The summed E-state index contributed by atoms with van der Waals surface area (Å²) >= 11 is 6.17. The van der Waals surface area contributed by atoms with Crippen molar-refractivity contribution in [3.05, 3.63) is 111 Å². The van der Waals surface area contributed by atoms with E-state index < -0.39 is 11.5 Å². The lowest BCUT2D eigenvalue weighted by molar-refractivity contribution is -0.0188. The van der Waals surface area contributed by atoms with Gasteiger partial charge in [0, 0.05) is 28.1 Å². The fourth-order valence-electron chi connectivity index (χ4n) is 5.29. The monoisotopic (exact) mass is 468 g/mol. The first-order valence-corrected chi connectivity index (χ1v) is 12.0. The third-order valence-electron chi connectivity index (χ3n) is 6.86. The first kappa shape index (κ1) is 22.9. The largest absolute Gasteiger partial charge is 0.389 e. The van der Waals surface area contributed by atoms with Crippen molar-refractivity contribution >= 4 is 35.8 Å². The van der Waals surface area contributed by atoms with Gasteiger partial charge in [-0.25, -0.2) is 0 Å².